The van der Waals surface area contributed by atoms with E-state index >= 15 is 0 Å². The van der Waals surface area contributed by atoms with Crippen LogP contribution in [0.1, 0.15) is 11.6 Å². The molecule has 5 heteroatoms. The first-order valence-electron chi connectivity index (χ1n) is 5.75. The van der Waals surface area contributed by atoms with Crippen LogP contribution in [0, 0.1) is 0 Å². The molecule has 0 amide bonds. The van der Waals surface area contributed by atoms with Crippen LogP contribution in [-0.4, -0.2) is 40.2 Å². The van der Waals surface area contributed by atoms with Crippen LogP contribution in [-0.2, 0) is 10.8 Å². The number of nitrogens with zero attached hydrogens (tertiary/aromatic N) is 1. The van der Waals surface area contributed by atoms with E-state index in [-0.39, 0.29) is 6.04 Å². The van der Waals surface area contributed by atoms with Crippen LogP contribution in [0.25, 0.3) is 0 Å². The maximum absolute atomic E-state index is 11.3. The summed E-state index contributed by atoms with van der Waals surface area (Å²) < 4.78 is 11.3. The van der Waals surface area contributed by atoms with Crippen molar-refractivity contribution in [2.75, 3.05) is 31.1 Å². The van der Waals surface area contributed by atoms with Gasteiger partial charge in [0.2, 0.25) is 0 Å². The molecule has 0 spiro atoms. The van der Waals surface area contributed by atoms with Crippen LogP contribution >= 0.6 is 11.6 Å². The Kier molecular flexibility index (Phi) is 4.56. The largest absolute Gasteiger partial charge is 0.329 e. The van der Waals surface area contributed by atoms with Gasteiger partial charge < -0.3 is 5.73 Å². The molecular formula is C12H17ClN2OS. The maximum Gasteiger partial charge on any atom is 0.0471 e. The number of hydrogen-bond acceptors (Lipinski definition) is 3. The maximum atomic E-state index is 11.3. The highest BCUT2D eigenvalue weighted by Crippen LogP contribution is 2.22. The molecule has 1 heterocycles. The summed E-state index contributed by atoms with van der Waals surface area (Å²) in [6.45, 7) is 2.29. The molecule has 0 radical (unpaired) electrons. The van der Waals surface area contributed by atoms with E-state index in [1.54, 1.807) is 0 Å². The molecular weight excluding hydrogens is 256 g/mol. The third-order valence-electron chi connectivity index (χ3n) is 3.13. The molecule has 1 atom stereocenters. The van der Waals surface area contributed by atoms with Gasteiger partial charge in [0.05, 0.1) is 0 Å². The van der Waals surface area contributed by atoms with Crippen molar-refractivity contribution in [1.29, 1.82) is 0 Å². The summed E-state index contributed by atoms with van der Waals surface area (Å²) >= 11 is 5.88. The van der Waals surface area contributed by atoms with E-state index in [2.05, 4.69) is 4.90 Å². The van der Waals surface area contributed by atoms with Gasteiger partial charge in [-0.05, 0) is 17.7 Å². The fraction of sp³-hybridized carbons (Fsp3) is 0.500. The van der Waals surface area contributed by atoms with Crippen LogP contribution in [0.15, 0.2) is 24.3 Å². The molecule has 0 aliphatic carbocycles. The fourth-order valence-electron chi connectivity index (χ4n) is 2.14. The summed E-state index contributed by atoms with van der Waals surface area (Å²) in [7, 11) is -0.643. The number of rotatable bonds is 3. The van der Waals surface area contributed by atoms with E-state index in [9.17, 15) is 4.21 Å². The Morgan fingerprint density at radius 2 is 1.88 bits per heavy atom. The van der Waals surface area contributed by atoms with Gasteiger partial charge in [-0.25, -0.2) is 0 Å². The molecule has 3 nitrogen and oxygen atoms in total. The third-order valence-corrected chi connectivity index (χ3v) is 4.66. The van der Waals surface area contributed by atoms with Crippen molar-refractivity contribution in [2.45, 2.75) is 6.04 Å². The molecule has 2 N–H and O–H groups in total. The zero-order valence-corrected chi connectivity index (χ0v) is 11.2. The van der Waals surface area contributed by atoms with E-state index in [4.69, 9.17) is 17.3 Å². The van der Waals surface area contributed by atoms with E-state index < -0.39 is 10.8 Å². The standard InChI is InChI=1S/C12H17ClN2OS/c13-11-3-1-10(2-4-11)12(9-14)15-5-7-17(16)8-6-15/h1-4,12H,5-9,14H2. The van der Waals surface area contributed by atoms with E-state index in [0.29, 0.717) is 6.54 Å². The number of benzene rings is 1. The average Bonchev–Trinajstić information content (AvgIpc) is 2.35. The van der Waals surface area contributed by atoms with Gasteiger partial charge in [-0.15, -0.1) is 0 Å². The molecule has 1 fully saturated rings. The number of hydrogen-bond donors (Lipinski definition) is 1. The molecule has 1 unspecified atom stereocenters. The lowest BCUT2D eigenvalue weighted by Gasteiger charge is -2.33. The zero-order chi connectivity index (χ0) is 12.3. The van der Waals surface area contributed by atoms with Crippen molar-refractivity contribution < 1.29 is 4.21 Å². The summed E-state index contributed by atoms with van der Waals surface area (Å²) in [6, 6.07) is 8.03. The summed E-state index contributed by atoms with van der Waals surface area (Å²) in [4.78, 5) is 2.31. The Balaban J connectivity index is 2.10. The summed E-state index contributed by atoms with van der Waals surface area (Å²) in [6.07, 6.45) is 0. The van der Waals surface area contributed by atoms with Crippen molar-refractivity contribution in [3.8, 4) is 0 Å². The normalized spacial score (nSPS) is 20.4. The molecule has 17 heavy (non-hydrogen) atoms. The molecule has 0 bridgehead atoms. The molecule has 0 saturated carbocycles. The van der Waals surface area contributed by atoms with Gasteiger partial charge in [0.1, 0.15) is 0 Å². The highest BCUT2D eigenvalue weighted by atomic mass is 35.5. The smallest absolute Gasteiger partial charge is 0.0471 e. The molecule has 94 valence electrons. The summed E-state index contributed by atoms with van der Waals surface area (Å²) in [5.74, 6) is 1.51. The average molecular weight is 273 g/mol. The van der Waals surface area contributed by atoms with Gasteiger partial charge in [0, 0.05) is 53.0 Å². The second-order valence-corrected chi connectivity index (χ2v) is 6.32. The lowest BCUT2D eigenvalue weighted by molar-refractivity contribution is 0.221. The van der Waals surface area contributed by atoms with Gasteiger partial charge in [0.15, 0.2) is 0 Å². The van der Waals surface area contributed by atoms with E-state index in [1.807, 2.05) is 24.3 Å². The van der Waals surface area contributed by atoms with E-state index in [0.717, 1.165) is 29.6 Å². The number of halogens is 1. The second kappa shape index (κ2) is 5.96. The Bertz CT molecular complexity index is 386. The molecule has 1 aliphatic rings. The van der Waals surface area contributed by atoms with Gasteiger partial charge in [-0.2, -0.15) is 0 Å². The van der Waals surface area contributed by atoms with Crippen molar-refractivity contribution in [1.82, 2.24) is 4.90 Å². The Hall–Kier alpha value is -0.420. The monoisotopic (exact) mass is 272 g/mol. The van der Waals surface area contributed by atoms with E-state index in [1.165, 1.54) is 5.56 Å². The first-order chi connectivity index (χ1) is 8.20. The molecule has 1 aromatic rings. The Morgan fingerprint density at radius 3 is 2.41 bits per heavy atom. The van der Waals surface area contributed by atoms with Crippen molar-refractivity contribution >= 4 is 22.4 Å². The first-order valence-corrected chi connectivity index (χ1v) is 7.62. The highest BCUT2D eigenvalue weighted by molar-refractivity contribution is 7.85. The first kappa shape index (κ1) is 13.0. The third kappa shape index (κ3) is 3.28. The minimum atomic E-state index is -0.643. The quantitative estimate of drug-likeness (QED) is 0.905. The minimum absolute atomic E-state index is 0.213. The molecule has 0 aromatic heterocycles. The van der Waals surface area contributed by atoms with Gasteiger partial charge in [-0.1, -0.05) is 23.7 Å². The van der Waals surface area contributed by atoms with Gasteiger partial charge in [0.25, 0.3) is 0 Å². The van der Waals surface area contributed by atoms with Gasteiger partial charge >= 0.3 is 0 Å². The Morgan fingerprint density at radius 1 is 1.29 bits per heavy atom. The summed E-state index contributed by atoms with van der Waals surface area (Å²) in [5.41, 5.74) is 7.04. The second-order valence-electron chi connectivity index (χ2n) is 4.19. The summed E-state index contributed by atoms with van der Waals surface area (Å²) in [5, 5.41) is 0.740. The zero-order valence-electron chi connectivity index (χ0n) is 9.64. The number of nitrogens with two attached hydrogens (primary N) is 1. The van der Waals surface area contributed by atoms with Crippen molar-refractivity contribution in [2.24, 2.45) is 5.73 Å². The molecule has 1 saturated heterocycles. The lowest BCUT2D eigenvalue weighted by Crippen LogP contribution is -2.42. The topological polar surface area (TPSA) is 46.3 Å². The molecule has 2 rings (SSSR count). The van der Waals surface area contributed by atoms with Crippen LogP contribution in [0.4, 0.5) is 0 Å². The van der Waals surface area contributed by atoms with Crippen LogP contribution < -0.4 is 5.73 Å². The van der Waals surface area contributed by atoms with Crippen LogP contribution in [0.2, 0.25) is 5.02 Å². The SMILES string of the molecule is NCC(c1ccc(Cl)cc1)N1CCS(=O)CC1. The van der Waals surface area contributed by atoms with Crippen LogP contribution in [0.3, 0.4) is 0 Å². The highest BCUT2D eigenvalue weighted by Gasteiger charge is 2.23. The molecule has 1 aromatic carbocycles. The fourth-order valence-corrected chi connectivity index (χ4v) is 3.35. The molecule has 1 aliphatic heterocycles. The van der Waals surface area contributed by atoms with Crippen LogP contribution in [0.5, 0.6) is 0 Å². The predicted octanol–water partition coefficient (Wildman–Crippen LogP) is 1.40. The lowest BCUT2D eigenvalue weighted by atomic mass is 10.1. The van der Waals surface area contributed by atoms with Gasteiger partial charge in [-0.3, -0.25) is 9.11 Å². The van der Waals surface area contributed by atoms with Crippen molar-refractivity contribution in [3.05, 3.63) is 34.9 Å². The Labute approximate surface area is 109 Å². The van der Waals surface area contributed by atoms with Crippen molar-refractivity contribution in [3.63, 3.8) is 0 Å². The minimum Gasteiger partial charge on any atom is -0.329 e. The predicted molar refractivity (Wildman–Crippen MR) is 72.7 cm³/mol.